The van der Waals surface area contributed by atoms with Gasteiger partial charge in [-0.1, -0.05) is 54.1 Å². The molecule has 102 valence electrons. The Bertz CT molecular complexity index is 918. The summed E-state index contributed by atoms with van der Waals surface area (Å²) in [4.78, 5) is 0. The van der Waals surface area contributed by atoms with Crippen LogP contribution in [0, 0.1) is 0 Å². The Morgan fingerprint density at radius 3 is 1.90 bits per heavy atom. The highest BCUT2D eigenvalue weighted by Crippen LogP contribution is 2.36. The Labute approximate surface area is 135 Å². The summed E-state index contributed by atoms with van der Waals surface area (Å²) in [6.45, 7) is 0. The van der Waals surface area contributed by atoms with E-state index in [1.807, 2.05) is 18.2 Å². The van der Waals surface area contributed by atoms with Crippen molar-refractivity contribution in [3.63, 3.8) is 0 Å². The molecule has 3 aromatic carbocycles. The molecule has 0 atom stereocenters. The minimum absolute atomic E-state index is 0.726. The van der Waals surface area contributed by atoms with Crippen LogP contribution >= 0.6 is 27.5 Å². The predicted octanol–water partition coefficient (Wildman–Crippen LogP) is 6.20. The number of nitrogens with zero attached hydrogens (tertiary/aromatic N) is 1. The molecule has 0 spiro atoms. The molecule has 0 aliphatic rings. The first-order valence-corrected chi connectivity index (χ1v) is 7.87. The predicted molar refractivity (Wildman–Crippen MR) is 93.5 cm³/mol. The molecule has 0 saturated carbocycles. The van der Waals surface area contributed by atoms with Gasteiger partial charge in [-0.25, -0.2) is 0 Å². The monoisotopic (exact) mass is 355 g/mol. The van der Waals surface area contributed by atoms with Crippen molar-refractivity contribution in [1.82, 2.24) is 4.57 Å². The molecule has 0 saturated heterocycles. The fourth-order valence-corrected chi connectivity index (χ4v) is 3.41. The molecule has 3 heteroatoms. The zero-order chi connectivity index (χ0) is 14.4. The molecule has 1 heterocycles. The number of hydrogen-bond acceptors (Lipinski definition) is 0. The normalized spacial score (nSPS) is 11.3. The van der Waals surface area contributed by atoms with Crippen molar-refractivity contribution in [2.24, 2.45) is 0 Å². The number of hydrogen-bond donors (Lipinski definition) is 0. The molecule has 1 aromatic heterocycles. The van der Waals surface area contributed by atoms with Crippen LogP contribution in [-0.4, -0.2) is 4.57 Å². The lowest BCUT2D eigenvalue weighted by molar-refractivity contribution is 1.18. The first-order chi connectivity index (χ1) is 10.3. The third-order valence-electron chi connectivity index (χ3n) is 3.75. The Morgan fingerprint density at radius 2 is 1.29 bits per heavy atom. The van der Waals surface area contributed by atoms with Crippen molar-refractivity contribution in [3.8, 4) is 5.69 Å². The molecule has 4 aromatic rings. The summed E-state index contributed by atoms with van der Waals surface area (Å²) in [6, 6.07) is 22.8. The Morgan fingerprint density at radius 1 is 0.714 bits per heavy atom. The smallest absolute Gasteiger partial charge is 0.0788 e. The van der Waals surface area contributed by atoms with E-state index in [1.54, 1.807) is 0 Å². The van der Waals surface area contributed by atoms with Crippen LogP contribution in [0.3, 0.4) is 0 Å². The topological polar surface area (TPSA) is 4.93 Å². The molecule has 0 N–H and O–H groups in total. The van der Waals surface area contributed by atoms with Crippen molar-refractivity contribution >= 4 is 49.3 Å². The average molecular weight is 357 g/mol. The fraction of sp³-hybridized carbons (Fsp3) is 0. The van der Waals surface area contributed by atoms with Crippen LogP contribution < -0.4 is 0 Å². The molecule has 1 nitrogen and oxygen atoms in total. The second-order valence-corrected chi connectivity index (χ2v) is 6.17. The van der Waals surface area contributed by atoms with Gasteiger partial charge in [0, 0.05) is 15.2 Å². The summed E-state index contributed by atoms with van der Waals surface area (Å²) < 4.78 is 3.13. The minimum Gasteiger partial charge on any atom is -0.308 e. The third-order valence-corrected chi connectivity index (χ3v) is 5.04. The minimum atomic E-state index is 0.726. The summed E-state index contributed by atoms with van der Waals surface area (Å²) >= 11 is 10.0. The van der Waals surface area contributed by atoms with E-state index in [9.17, 15) is 0 Å². The van der Waals surface area contributed by atoms with E-state index < -0.39 is 0 Å². The number of halogens is 2. The quantitative estimate of drug-likeness (QED) is 0.382. The van der Waals surface area contributed by atoms with E-state index in [2.05, 4.69) is 69.0 Å². The zero-order valence-electron chi connectivity index (χ0n) is 11.1. The van der Waals surface area contributed by atoms with E-state index in [0.29, 0.717) is 0 Å². The van der Waals surface area contributed by atoms with Gasteiger partial charge >= 0.3 is 0 Å². The van der Waals surface area contributed by atoms with E-state index in [4.69, 9.17) is 11.6 Å². The van der Waals surface area contributed by atoms with Crippen molar-refractivity contribution in [1.29, 1.82) is 0 Å². The summed E-state index contributed by atoms with van der Waals surface area (Å²) in [5, 5.41) is 3.21. The van der Waals surface area contributed by atoms with Crippen LogP contribution in [0.2, 0.25) is 5.02 Å². The van der Waals surface area contributed by atoms with E-state index in [1.165, 1.54) is 21.8 Å². The van der Waals surface area contributed by atoms with Crippen molar-refractivity contribution in [2.75, 3.05) is 0 Å². The maximum Gasteiger partial charge on any atom is 0.0788 e. The van der Waals surface area contributed by atoms with Crippen molar-refractivity contribution in [2.45, 2.75) is 0 Å². The zero-order valence-corrected chi connectivity index (χ0v) is 13.4. The van der Waals surface area contributed by atoms with Crippen LogP contribution in [0.4, 0.5) is 0 Å². The van der Waals surface area contributed by atoms with E-state index in [0.717, 1.165) is 15.2 Å². The highest BCUT2D eigenvalue weighted by atomic mass is 79.9. The molecule has 0 aliphatic carbocycles. The standard InChI is InChI=1S/C18H11BrClN/c19-14-8-5-11-17(18(14)20)21-15-9-3-1-6-12(15)13-7-2-4-10-16(13)21/h1-11H. The molecule has 0 radical (unpaired) electrons. The van der Waals surface area contributed by atoms with Crippen LogP contribution in [0.1, 0.15) is 0 Å². The Hall–Kier alpha value is -1.77. The van der Waals surface area contributed by atoms with Gasteiger partial charge in [0.1, 0.15) is 0 Å². The molecule has 0 aliphatic heterocycles. The van der Waals surface area contributed by atoms with Crippen molar-refractivity contribution in [3.05, 3.63) is 76.2 Å². The summed E-state index contributed by atoms with van der Waals surface area (Å²) in [7, 11) is 0. The molecule has 21 heavy (non-hydrogen) atoms. The van der Waals surface area contributed by atoms with Crippen LogP contribution in [0.15, 0.2) is 71.2 Å². The first-order valence-electron chi connectivity index (χ1n) is 6.70. The molecule has 0 unspecified atom stereocenters. The lowest BCUT2D eigenvalue weighted by Gasteiger charge is -2.10. The SMILES string of the molecule is Clc1c(Br)cccc1-n1c2ccccc2c2ccccc21. The van der Waals surface area contributed by atoms with Gasteiger partial charge in [0.05, 0.1) is 21.7 Å². The molecular formula is C18H11BrClN. The van der Waals surface area contributed by atoms with Gasteiger partial charge in [-0.15, -0.1) is 0 Å². The molecular weight excluding hydrogens is 346 g/mol. The highest BCUT2D eigenvalue weighted by molar-refractivity contribution is 9.10. The molecule has 0 fully saturated rings. The third kappa shape index (κ3) is 1.90. The number of para-hydroxylation sites is 2. The molecule has 4 rings (SSSR count). The van der Waals surface area contributed by atoms with Gasteiger partial charge in [-0.05, 0) is 40.2 Å². The lowest BCUT2D eigenvalue weighted by atomic mass is 10.2. The van der Waals surface area contributed by atoms with Gasteiger partial charge < -0.3 is 4.57 Å². The number of aromatic nitrogens is 1. The first kappa shape index (κ1) is 12.9. The largest absolute Gasteiger partial charge is 0.308 e. The lowest BCUT2D eigenvalue weighted by Crippen LogP contribution is -1.95. The van der Waals surface area contributed by atoms with Gasteiger partial charge in [-0.3, -0.25) is 0 Å². The maximum absolute atomic E-state index is 6.52. The molecule has 0 bridgehead atoms. The summed E-state index contributed by atoms with van der Waals surface area (Å²) in [5.41, 5.74) is 3.32. The van der Waals surface area contributed by atoms with Crippen LogP contribution in [0.25, 0.3) is 27.5 Å². The number of rotatable bonds is 1. The van der Waals surface area contributed by atoms with Crippen LogP contribution in [0.5, 0.6) is 0 Å². The van der Waals surface area contributed by atoms with Crippen molar-refractivity contribution < 1.29 is 0 Å². The molecule has 0 amide bonds. The second-order valence-electron chi connectivity index (χ2n) is 4.94. The Kier molecular flexibility index (Phi) is 3.02. The van der Waals surface area contributed by atoms with Gasteiger partial charge in [0.15, 0.2) is 0 Å². The van der Waals surface area contributed by atoms with E-state index in [-0.39, 0.29) is 0 Å². The maximum atomic E-state index is 6.52. The Balaban J connectivity index is 2.23. The van der Waals surface area contributed by atoms with Gasteiger partial charge in [-0.2, -0.15) is 0 Å². The summed E-state index contributed by atoms with van der Waals surface area (Å²) in [6.07, 6.45) is 0. The fourth-order valence-electron chi connectivity index (χ4n) is 2.85. The number of benzene rings is 3. The second kappa shape index (κ2) is 4.90. The summed E-state index contributed by atoms with van der Waals surface area (Å²) in [5.74, 6) is 0. The van der Waals surface area contributed by atoms with E-state index >= 15 is 0 Å². The number of fused-ring (bicyclic) bond motifs is 3. The van der Waals surface area contributed by atoms with Gasteiger partial charge in [0.2, 0.25) is 0 Å². The average Bonchev–Trinajstić information content (AvgIpc) is 2.85. The van der Waals surface area contributed by atoms with Crippen LogP contribution in [-0.2, 0) is 0 Å². The van der Waals surface area contributed by atoms with Gasteiger partial charge in [0.25, 0.3) is 0 Å². The highest BCUT2D eigenvalue weighted by Gasteiger charge is 2.14.